The minimum atomic E-state index is -0.670. The van der Waals surface area contributed by atoms with Crippen molar-refractivity contribution >= 4 is 40.9 Å². The number of nitrogens with one attached hydrogen (secondary N) is 1. The predicted octanol–water partition coefficient (Wildman–Crippen LogP) is 5.61. The van der Waals surface area contributed by atoms with Crippen LogP contribution in [0.25, 0.3) is 0 Å². The summed E-state index contributed by atoms with van der Waals surface area (Å²) in [5.41, 5.74) is 0.417. The maximum atomic E-state index is 14.1. The van der Waals surface area contributed by atoms with E-state index in [2.05, 4.69) is 5.32 Å². The van der Waals surface area contributed by atoms with Gasteiger partial charge in [-0.2, -0.15) is 0 Å². The van der Waals surface area contributed by atoms with Crippen molar-refractivity contribution in [3.05, 3.63) is 58.9 Å². The quantitative estimate of drug-likeness (QED) is 0.600. The van der Waals surface area contributed by atoms with Gasteiger partial charge in [0.1, 0.15) is 0 Å². The lowest BCUT2D eigenvalue weighted by molar-refractivity contribution is -0.129. The number of hydrogen-bond donors (Lipinski definition) is 1. The molecule has 2 amide bonds. The van der Waals surface area contributed by atoms with Crippen molar-refractivity contribution in [2.24, 2.45) is 0 Å². The van der Waals surface area contributed by atoms with Gasteiger partial charge in [0.2, 0.25) is 5.91 Å². The molecular weight excluding hydrogens is 411 g/mol. The zero-order chi connectivity index (χ0) is 20.8. The second-order valence-electron chi connectivity index (χ2n) is 7.14. The number of nitrogens with zero attached hydrogens (tertiary/aromatic N) is 1. The Hall–Kier alpha value is -2.05. The maximum Gasteiger partial charge on any atom is 0.256 e. The molecule has 0 bridgehead atoms. The molecule has 1 aliphatic carbocycles. The number of thioether (sulfide) groups is 1. The van der Waals surface area contributed by atoms with Crippen LogP contribution in [0.15, 0.2) is 47.4 Å². The Labute approximate surface area is 179 Å². The molecule has 4 nitrogen and oxygen atoms in total. The molecule has 1 fully saturated rings. The van der Waals surface area contributed by atoms with E-state index in [-0.39, 0.29) is 22.4 Å². The molecule has 1 aliphatic rings. The van der Waals surface area contributed by atoms with E-state index in [0.29, 0.717) is 16.5 Å². The predicted molar refractivity (Wildman–Crippen MR) is 116 cm³/mol. The first-order valence-electron chi connectivity index (χ1n) is 9.70. The Kier molecular flexibility index (Phi) is 7.56. The van der Waals surface area contributed by atoms with Crippen LogP contribution in [-0.4, -0.2) is 35.6 Å². The molecule has 7 heteroatoms. The van der Waals surface area contributed by atoms with E-state index in [4.69, 9.17) is 11.6 Å². The van der Waals surface area contributed by atoms with Crippen molar-refractivity contribution in [1.82, 2.24) is 4.90 Å². The van der Waals surface area contributed by atoms with Gasteiger partial charge in [0.15, 0.2) is 5.82 Å². The molecular formula is C22H24ClFN2O2S. The Morgan fingerprint density at radius 1 is 1.14 bits per heavy atom. The highest BCUT2D eigenvalue weighted by Crippen LogP contribution is 2.27. The van der Waals surface area contributed by atoms with Crippen molar-refractivity contribution in [3.63, 3.8) is 0 Å². The van der Waals surface area contributed by atoms with E-state index >= 15 is 0 Å². The summed E-state index contributed by atoms with van der Waals surface area (Å²) >= 11 is 7.10. The maximum absolute atomic E-state index is 14.1. The summed E-state index contributed by atoms with van der Waals surface area (Å²) in [4.78, 5) is 27.8. The number of hydrogen-bond acceptors (Lipinski definition) is 3. The van der Waals surface area contributed by atoms with Crippen LogP contribution in [0, 0.1) is 5.82 Å². The minimum Gasteiger partial charge on any atom is -0.342 e. The van der Waals surface area contributed by atoms with Gasteiger partial charge in [-0.3, -0.25) is 9.59 Å². The summed E-state index contributed by atoms with van der Waals surface area (Å²) in [5.74, 6) is -0.805. The molecule has 2 aromatic rings. The first kappa shape index (κ1) is 21.7. The standard InChI is InChI=1S/C22H24ClFN2O2S/c1-26(15-8-3-2-4-9-15)20(27)14-29-19-13-6-5-10-16(19)22(28)25-18-12-7-11-17(23)21(18)24/h5-7,10-13,15H,2-4,8-9,14H2,1H3,(H,25,28). The average molecular weight is 435 g/mol. The van der Waals surface area contributed by atoms with Crippen LogP contribution in [0.4, 0.5) is 10.1 Å². The number of halogens is 2. The lowest BCUT2D eigenvalue weighted by atomic mass is 9.94. The number of amides is 2. The number of carbonyl (C=O) groups excluding carboxylic acids is 2. The molecule has 0 unspecified atom stereocenters. The van der Waals surface area contributed by atoms with Gasteiger partial charge >= 0.3 is 0 Å². The van der Waals surface area contributed by atoms with Crippen LogP contribution < -0.4 is 5.32 Å². The summed E-state index contributed by atoms with van der Waals surface area (Å²) in [6, 6.07) is 11.8. The summed E-state index contributed by atoms with van der Waals surface area (Å²) in [7, 11) is 1.86. The second kappa shape index (κ2) is 10.1. The van der Waals surface area contributed by atoms with E-state index < -0.39 is 11.7 Å². The Morgan fingerprint density at radius 3 is 2.62 bits per heavy atom. The minimum absolute atomic E-state index is 0.0235. The molecule has 2 aromatic carbocycles. The van der Waals surface area contributed by atoms with Crippen molar-refractivity contribution < 1.29 is 14.0 Å². The number of rotatable bonds is 6. The zero-order valence-electron chi connectivity index (χ0n) is 16.3. The van der Waals surface area contributed by atoms with Crippen LogP contribution in [0.1, 0.15) is 42.5 Å². The van der Waals surface area contributed by atoms with Crippen LogP contribution in [0.5, 0.6) is 0 Å². The van der Waals surface area contributed by atoms with Gasteiger partial charge in [0, 0.05) is 18.0 Å². The molecule has 1 saturated carbocycles. The molecule has 0 aliphatic heterocycles. The highest BCUT2D eigenvalue weighted by atomic mass is 35.5. The molecule has 0 spiro atoms. The molecule has 0 saturated heterocycles. The Bertz CT molecular complexity index is 887. The Balaban J connectivity index is 1.66. The fourth-order valence-corrected chi connectivity index (χ4v) is 4.63. The topological polar surface area (TPSA) is 49.4 Å². The highest BCUT2D eigenvalue weighted by molar-refractivity contribution is 8.00. The monoisotopic (exact) mass is 434 g/mol. The summed E-state index contributed by atoms with van der Waals surface area (Å²) in [6.07, 6.45) is 5.67. The third-order valence-corrected chi connectivity index (χ3v) is 6.55. The number of anilines is 1. The molecule has 0 heterocycles. The third-order valence-electron chi connectivity index (χ3n) is 5.20. The fourth-order valence-electron chi connectivity index (χ4n) is 3.48. The van der Waals surface area contributed by atoms with Crippen molar-refractivity contribution in [3.8, 4) is 0 Å². The van der Waals surface area contributed by atoms with Gasteiger partial charge in [0.25, 0.3) is 5.91 Å². The van der Waals surface area contributed by atoms with Crippen LogP contribution in [0.3, 0.4) is 0 Å². The van der Waals surface area contributed by atoms with Crippen molar-refractivity contribution in [1.29, 1.82) is 0 Å². The summed E-state index contributed by atoms with van der Waals surface area (Å²) in [6.45, 7) is 0. The average Bonchev–Trinajstić information content (AvgIpc) is 2.75. The first-order valence-corrected chi connectivity index (χ1v) is 11.1. The lowest BCUT2D eigenvalue weighted by Gasteiger charge is -2.31. The van der Waals surface area contributed by atoms with Gasteiger partial charge < -0.3 is 10.2 Å². The van der Waals surface area contributed by atoms with Crippen LogP contribution >= 0.6 is 23.4 Å². The summed E-state index contributed by atoms with van der Waals surface area (Å²) < 4.78 is 14.1. The number of benzene rings is 2. The molecule has 0 atom stereocenters. The van der Waals surface area contributed by atoms with E-state index in [0.717, 1.165) is 12.8 Å². The fraction of sp³-hybridized carbons (Fsp3) is 0.364. The molecule has 29 heavy (non-hydrogen) atoms. The van der Waals surface area contributed by atoms with Crippen molar-refractivity contribution in [2.75, 3.05) is 18.1 Å². The van der Waals surface area contributed by atoms with Gasteiger partial charge in [-0.25, -0.2) is 4.39 Å². The summed E-state index contributed by atoms with van der Waals surface area (Å²) in [5, 5.41) is 2.51. The Morgan fingerprint density at radius 2 is 1.86 bits per heavy atom. The van der Waals surface area contributed by atoms with Crippen molar-refractivity contribution in [2.45, 2.75) is 43.0 Å². The zero-order valence-corrected chi connectivity index (χ0v) is 17.9. The van der Waals surface area contributed by atoms with E-state index in [1.165, 1.54) is 43.2 Å². The molecule has 0 aromatic heterocycles. The molecule has 0 radical (unpaired) electrons. The smallest absolute Gasteiger partial charge is 0.256 e. The van der Waals surface area contributed by atoms with Gasteiger partial charge in [-0.1, -0.05) is 49.1 Å². The molecule has 3 rings (SSSR count). The third kappa shape index (κ3) is 5.52. The number of carbonyl (C=O) groups is 2. The van der Waals surface area contributed by atoms with E-state index in [1.54, 1.807) is 24.3 Å². The van der Waals surface area contributed by atoms with Crippen LogP contribution in [0.2, 0.25) is 5.02 Å². The normalized spacial score (nSPS) is 14.4. The van der Waals surface area contributed by atoms with Gasteiger partial charge in [-0.05, 0) is 37.1 Å². The lowest BCUT2D eigenvalue weighted by Crippen LogP contribution is -2.39. The van der Waals surface area contributed by atoms with Gasteiger partial charge in [-0.15, -0.1) is 11.8 Å². The molecule has 1 N–H and O–H groups in total. The second-order valence-corrected chi connectivity index (χ2v) is 8.56. The highest BCUT2D eigenvalue weighted by Gasteiger charge is 2.22. The van der Waals surface area contributed by atoms with Gasteiger partial charge in [0.05, 0.1) is 22.0 Å². The SMILES string of the molecule is CN(C(=O)CSc1ccccc1C(=O)Nc1cccc(Cl)c1F)C1CCCCC1. The first-order chi connectivity index (χ1) is 14.0. The van der Waals surface area contributed by atoms with Crippen LogP contribution in [-0.2, 0) is 4.79 Å². The van der Waals surface area contributed by atoms with E-state index in [9.17, 15) is 14.0 Å². The largest absolute Gasteiger partial charge is 0.342 e. The molecule has 154 valence electrons. The van der Waals surface area contributed by atoms with E-state index in [1.807, 2.05) is 18.0 Å².